The van der Waals surface area contributed by atoms with Gasteiger partial charge in [-0.2, -0.15) is 0 Å². The maximum Gasteiger partial charge on any atom is 0.0837 e. The van der Waals surface area contributed by atoms with E-state index in [1.165, 1.54) is 44.9 Å². The van der Waals surface area contributed by atoms with Crippen molar-refractivity contribution in [1.29, 1.82) is 0 Å². The Morgan fingerprint density at radius 2 is 1.67 bits per heavy atom. The summed E-state index contributed by atoms with van der Waals surface area (Å²) in [6, 6.07) is 0. The molecule has 0 aromatic heterocycles. The van der Waals surface area contributed by atoms with E-state index in [1.807, 2.05) is 6.61 Å². The van der Waals surface area contributed by atoms with Crippen LogP contribution in [0.2, 0.25) is 0 Å². The standard InChI is InChI=1S/C16H28BrO/c1-2-3-4-5-9-12-15-18-16-13-10-7-6-8-11-14-17/h16H,2-4,6-8,10-15H2,1H3. The molecule has 0 rings (SSSR count). The van der Waals surface area contributed by atoms with Crippen LogP contribution < -0.4 is 0 Å². The lowest BCUT2D eigenvalue weighted by atomic mass is 10.1. The fourth-order valence-corrected chi connectivity index (χ4v) is 1.97. The number of ether oxygens (including phenoxy) is 1. The molecule has 0 aromatic carbocycles. The zero-order chi connectivity index (χ0) is 13.3. The summed E-state index contributed by atoms with van der Waals surface area (Å²) in [5, 5.41) is 1.14. The first-order valence-electron chi connectivity index (χ1n) is 7.36. The Bertz CT molecular complexity index is 205. The predicted octanol–water partition coefficient (Wildman–Crippen LogP) is 5.48. The van der Waals surface area contributed by atoms with Gasteiger partial charge in [0.2, 0.25) is 0 Å². The Morgan fingerprint density at radius 3 is 2.44 bits per heavy atom. The van der Waals surface area contributed by atoms with Gasteiger partial charge in [-0.05, 0) is 19.3 Å². The van der Waals surface area contributed by atoms with Crippen molar-refractivity contribution in [3.63, 3.8) is 0 Å². The quantitative estimate of drug-likeness (QED) is 0.263. The highest BCUT2D eigenvalue weighted by molar-refractivity contribution is 9.09. The summed E-state index contributed by atoms with van der Waals surface area (Å²) in [6.45, 7) is 4.90. The van der Waals surface area contributed by atoms with Gasteiger partial charge < -0.3 is 4.74 Å². The average molecular weight is 316 g/mol. The number of unbranched alkanes of at least 4 members (excludes halogenated alkanes) is 7. The molecule has 0 unspecified atom stereocenters. The summed E-state index contributed by atoms with van der Waals surface area (Å²) in [4.78, 5) is 0. The normalized spacial score (nSPS) is 10.1. The second kappa shape index (κ2) is 17.0. The minimum atomic E-state index is 0.753. The Morgan fingerprint density at radius 1 is 0.944 bits per heavy atom. The maximum absolute atomic E-state index is 5.43. The van der Waals surface area contributed by atoms with Gasteiger partial charge in [0.15, 0.2) is 0 Å². The topological polar surface area (TPSA) is 9.23 Å². The molecule has 105 valence electrons. The summed E-state index contributed by atoms with van der Waals surface area (Å²) in [6.07, 6.45) is 12.0. The molecule has 0 amide bonds. The third kappa shape index (κ3) is 16.0. The Hall–Kier alpha value is 0. The van der Waals surface area contributed by atoms with E-state index >= 15 is 0 Å². The van der Waals surface area contributed by atoms with Crippen LogP contribution in [-0.2, 0) is 4.74 Å². The van der Waals surface area contributed by atoms with E-state index < -0.39 is 0 Å². The first-order chi connectivity index (χ1) is 8.91. The van der Waals surface area contributed by atoms with Crippen LogP contribution in [0.4, 0.5) is 0 Å². The first-order valence-corrected chi connectivity index (χ1v) is 8.49. The molecule has 2 heteroatoms. The molecule has 0 saturated heterocycles. The molecule has 0 aliphatic carbocycles. The van der Waals surface area contributed by atoms with Crippen molar-refractivity contribution in [2.75, 3.05) is 11.9 Å². The molecule has 0 heterocycles. The van der Waals surface area contributed by atoms with E-state index in [4.69, 9.17) is 4.74 Å². The molecule has 0 fully saturated rings. The average Bonchev–Trinajstić information content (AvgIpc) is 2.39. The van der Waals surface area contributed by atoms with Crippen LogP contribution in [0.3, 0.4) is 0 Å². The fourth-order valence-electron chi connectivity index (χ4n) is 1.57. The minimum absolute atomic E-state index is 0.753. The van der Waals surface area contributed by atoms with Gasteiger partial charge in [-0.25, -0.2) is 0 Å². The van der Waals surface area contributed by atoms with Crippen molar-refractivity contribution in [1.82, 2.24) is 0 Å². The molecular weight excluding hydrogens is 288 g/mol. The molecule has 0 aliphatic rings. The molecule has 18 heavy (non-hydrogen) atoms. The summed E-state index contributed by atoms with van der Waals surface area (Å²) >= 11 is 3.45. The highest BCUT2D eigenvalue weighted by Crippen LogP contribution is 2.07. The van der Waals surface area contributed by atoms with Gasteiger partial charge in [0, 0.05) is 18.2 Å². The van der Waals surface area contributed by atoms with Gasteiger partial charge >= 0.3 is 0 Å². The van der Waals surface area contributed by atoms with E-state index in [-0.39, 0.29) is 0 Å². The Balaban J connectivity index is 3.00. The smallest absolute Gasteiger partial charge is 0.0837 e. The van der Waals surface area contributed by atoms with Crippen LogP contribution in [0.5, 0.6) is 0 Å². The van der Waals surface area contributed by atoms with Crippen molar-refractivity contribution in [3.8, 4) is 11.8 Å². The van der Waals surface area contributed by atoms with Crippen LogP contribution in [0.1, 0.15) is 71.1 Å². The number of alkyl halides is 1. The molecular formula is C16H28BrO. The van der Waals surface area contributed by atoms with Crippen LogP contribution in [0.25, 0.3) is 0 Å². The highest BCUT2D eigenvalue weighted by atomic mass is 79.9. The van der Waals surface area contributed by atoms with Crippen LogP contribution in [0, 0.1) is 18.4 Å². The van der Waals surface area contributed by atoms with Crippen LogP contribution in [0.15, 0.2) is 0 Å². The molecule has 0 spiro atoms. The third-order valence-corrected chi connectivity index (χ3v) is 3.26. The van der Waals surface area contributed by atoms with Gasteiger partial charge in [0.05, 0.1) is 13.2 Å². The van der Waals surface area contributed by atoms with Gasteiger partial charge in [-0.1, -0.05) is 55.0 Å². The fraction of sp³-hybridized carbons (Fsp3) is 0.812. The van der Waals surface area contributed by atoms with E-state index in [9.17, 15) is 0 Å². The number of halogens is 1. The van der Waals surface area contributed by atoms with Gasteiger partial charge in [0.1, 0.15) is 0 Å². The van der Waals surface area contributed by atoms with Crippen LogP contribution in [-0.4, -0.2) is 11.9 Å². The summed E-state index contributed by atoms with van der Waals surface area (Å²) in [5.41, 5.74) is 0. The lowest BCUT2D eigenvalue weighted by Crippen LogP contribution is -1.90. The molecule has 0 aliphatic heterocycles. The summed E-state index contributed by atoms with van der Waals surface area (Å²) < 4.78 is 5.43. The Labute approximate surface area is 122 Å². The summed E-state index contributed by atoms with van der Waals surface area (Å²) in [7, 11) is 0. The highest BCUT2D eigenvalue weighted by Gasteiger charge is 1.92. The molecule has 1 nitrogen and oxygen atoms in total. The molecule has 0 bridgehead atoms. The largest absolute Gasteiger partial charge is 0.375 e. The minimum Gasteiger partial charge on any atom is -0.375 e. The van der Waals surface area contributed by atoms with Gasteiger partial charge in [-0.15, -0.1) is 11.8 Å². The van der Waals surface area contributed by atoms with Crippen LogP contribution >= 0.6 is 15.9 Å². The maximum atomic E-state index is 5.43. The lowest BCUT2D eigenvalue weighted by Gasteiger charge is -2.01. The van der Waals surface area contributed by atoms with E-state index in [0.29, 0.717) is 0 Å². The SMILES string of the molecule is CCCCC#CCCO[CH]CCCCCCCBr. The molecule has 0 atom stereocenters. The predicted molar refractivity (Wildman–Crippen MR) is 83.7 cm³/mol. The third-order valence-electron chi connectivity index (χ3n) is 2.70. The van der Waals surface area contributed by atoms with Gasteiger partial charge in [-0.3, -0.25) is 0 Å². The molecule has 0 N–H and O–H groups in total. The van der Waals surface area contributed by atoms with E-state index in [0.717, 1.165) is 31.2 Å². The van der Waals surface area contributed by atoms with Crippen molar-refractivity contribution in [2.24, 2.45) is 0 Å². The zero-order valence-corrected chi connectivity index (χ0v) is 13.4. The molecule has 0 saturated carbocycles. The monoisotopic (exact) mass is 315 g/mol. The van der Waals surface area contributed by atoms with Crippen molar-refractivity contribution >= 4 is 15.9 Å². The van der Waals surface area contributed by atoms with Crippen molar-refractivity contribution < 1.29 is 4.74 Å². The first kappa shape index (κ1) is 18.0. The van der Waals surface area contributed by atoms with Crippen molar-refractivity contribution in [2.45, 2.75) is 71.1 Å². The number of hydrogen-bond donors (Lipinski definition) is 0. The Kier molecular flexibility index (Phi) is 17.0. The van der Waals surface area contributed by atoms with E-state index in [2.05, 4.69) is 34.7 Å². The molecule has 0 aromatic rings. The number of hydrogen-bond acceptors (Lipinski definition) is 1. The van der Waals surface area contributed by atoms with Gasteiger partial charge in [0.25, 0.3) is 0 Å². The van der Waals surface area contributed by atoms with Crippen molar-refractivity contribution in [3.05, 3.63) is 6.61 Å². The second-order valence-corrected chi connectivity index (χ2v) is 5.28. The second-order valence-electron chi connectivity index (χ2n) is 4.49. The summed E-state index contributed by atoms with van der Waals surface area (Å²) in [5.74, 6) is 6.32. The lowest BCUT2D eigenvalue weighted by molar-refractivity contribution is 0.196. The zero-order valence-electron chi connectivity index (χ0n) is 11.8. The molecule has 1 radical (unpaired) electrons. The number of rotatable bonds is 12. The van der Waals surface area contributed by atoms with E-state index in [1.54, 1.807) is 0 Å².